The van der Waals surface area contributed by atoms with Crippen molar-refractivity contribution >= 4 is 16.5 Å². The molecule has 0 saturated heterocycles. The lowest BCUT2D eigenvalue weighted by Gasteiger charge is -2.16. The summed E-state index contributed by atoms with van der Waals surface area (Å²) in [6.07, 6.45) is 0.592. The van der Waals surface area contributed by atoms with Crippen molar-refractivity contribution in [3.63, 3.8) is 0 Å². The fourth-order valence-electron chi connectivity index (χ4n) is 2.01. The molecule has 0 aliphatic heterocycles. The van der Waals surface area contributed by atoms with Gasteiger partial charge in [-0.05, 0) is 32.4 Å². The Bertz CT molecular complexity index is 717. The Balaban J connectivity index is 2.28. The molecule has 2 aromatic rings. The first-order chi connectivity index (χ1) is 9.94. The molecule has 0 heterocycles. The molecule has 2 aromatic carbocycles. The number of rotatable bonds is 5. The Labute approximate surface area is 122 Å². The van der Waals surface area contributed by atoms with Gasteiger partial charge >= 0.3 is 0 Å². The third kappa shape index (κ3) is 3.29. The molecule has 108 valence electrons. The highest BCUT2D eigenvalue weighted by Crippen LogP contribution is 2.33. The number of nitriles is 1. The summed E-state index contributed by atoms with van der Waals surface area (Å²) in [5.74, 6) is 0.602. The van der Waals surface area contributed by atoms with Crippen LogP contribution in [-0.4, -0.2) is 11.5 Å². The van der Waals surface area contributed by atoms with Gasteiger partial charge in [0.05, 0.1) is 28.4 Å². The van der Waals surface area contributed by atoms with Crippen LogP contribution < -0.4 is 4.74 Å². The van der Waals surface area contributed by atoms with Crippen molar-refractivity contribution in [3.05, 3.63) is 46.5 Å². The summed E-state index contributed by atoms with van der Waals surface area (Å²) in [6, 6.07) is 12.4. The zero-order valence-electron chi connectivity index (χ0n) is 12.0. The van der Waals surface area contributed by atoms with Crippen LogP contribution in [0, 0.1) is 26.9 Å². The molecule has 21 heavy (non-hydrogen) atoms. The van der Waals surface area contributed by atoms with E-state index in [2.05, 4.69) is 6.07 Å². The van der Waals surface area contributed by atoms with Gasteiger partial charge in [0, 0.05) is 11.5 Å². The van der Waals surface area contributed by atoms with Crippen molar-refractivity contribution in [2.45, 2.75) is 20.3 Å². The number of non-ortho nitro benzene ring substituents is 1. The number of benzene rings is 2. The second-order valence-corrected chi connectivity index (χ2v) is 5.48. The van der Waals surface area contributed by atoms with Gasteiger partial charge in [0.25, 0.3) is 5.69 Å². The highest BCUT2D eigenvalue weighted by atomic mass is 16.6. The van der Waals surface area contributed by atoms with Crippen molar-refractivity contribution in [1.29, 1.82) is 5.26 Å². The maximum Gasteiger partial charge on any atom is 0.277 e. The van der Waals surface area contributed by atoms with Crippen molar-refractivity contribution in [3.8, 4) is 11.8 Å². The second kappa shape index (κ2) is 5.80. The summed E-state index contributed by atoms with van der Waals surface area (Å²) in [5, 5.41) is 21.3. The molecular weight excluding hydrogens is 268 g/mol. The molecule has 0 saturated carbocycles. The summed E-state index contributed by atoms with van der Waals surface area (Å²) >= 11 is 0. The highest BCUT2D eigenvalue weighted by Gasteiger charge is 2.18. The lowest BCUT2D eigenvalue weighted by molar-refractivity contribution is -0.383. The van der Waals surface area contributed by atoms with E-state index >= 15 is 0 Å². The quantitative estimate of drug-likeness (QED) is 0.612. The number of nitro groups is 1. The Hall–Kier alpha value is -2.61. The minimum absolute atomic E-state index is 0.0651. The molecule has 0 fully saturated rings. The minimum atomic E-state index is -0.448. The average Bonchev–Trinajstić information content (AvgIpc) is 2.47. The molecule has 0 spiro atoms. The van der Waals surface area contributed by atoms with E-state index < -0.39 is 10.3 Å². The zero-order valence-corrected chi connectivity index (χ0v) is 12.0. The number of fused-ring (bicyclic) bond motifs is 1. The molecule has 5 nitrogen and oxygen atoms in total. The zero-order chi connectivity index (χ0) is 15.5. The topological polar surface area (TPSA) is 76.2 Å². The molecule has 2 rings (SSSR count). The van der Waals surface area contributed by atoms with Gasteiger partial charge < -0.3 is 4.74 Å². The minimum Gasteiger partial charge on any atom is -0.493 e. The van der Waals surface area contributed by atoms with E-state index in [4.69, 9.17) is 10.00 Å². The predicted molar refractivity (Wildman–Crippen MR) is 80.1 cm³/mol. The maximum absolute atomic E-state index is 11.0. The van der Waals surface area contributed by atoms with Gasteiger partial charge in [-0.15, -0.1) is 0 Å². The Morgan fingerprint density at radius 1 is 1.24 bits per heavy atom. The summed E-state index contributed by atoms with van der Waals surface area (Å²) in [6.45, 7) is 4.09. The van der Waals surface area contributed by atoms with Crippen LogP contribution in [0.2, 0.25) is 0 Å². The molecule has 5 heteroatoms. The standard InChI is InChI=1S/C16H16N2O3/c1-16(2,11-17)9-10-21-15-8-7-14(18(19)20)12-5-3-4-6-13(12)15/h3-8H,9-10H2,1-2H3. The monoisotopic (exact) mass is 284 g/mol. The van der Waals surface area contributed by atoms with Gasteiger partial charge in [0.2, 0.25) is 0 Å². The average molecular weight is 284 g/mol. The normalized spacial score (nSPS) is 11.1. The third-order valence-corrected chi connectivity index (χ3v) is 3.35. The van der Waals surface area contributed by atoms with Crippen molar-refractivity contribution in [1.82, 2.24) is 0 Å². The Morgan fingerprint density at radius 2 is 1.90 bits per heavy atom. The van der Waals surface area contributed by atoms with Crippen molar-refractivity contribution < 1.29 is 9.66 Å². The molecule has 0 unspecified atom stereocenters. The number of ether oxygens (including phenoxy) is 1. The molecule has 0 N–H and O–H groups in total. The SMILES string of the molecule is CC(C)(C#N)CCOc1ccc([N+](=O)[O-])c2ccccc12. The largest absolute Gasteiger partial charge is 0.493 e. The van der Waals surface area contributed by atoms with Crippen LogP contribution in [0.3, 0.4) is 0 Å². The van der Waals surface area contributed by atoms with Gasteiger partial charge in [-0.3, -0.25) is 10.1 Å². The Morgan fingerprint density at radius 3 is 2.52 bits per heavy atom. The first kappa shape index (κ1) is 14.8. The Kier molecular flexibility index (Phi) is 4.08. The molecule has 0 aliphatic carbocycles. The smallest absolute Gasteiger partial charge is 0.277 e. The van der Waals surface area contributed by atoms with Gasteiger partial charge in [-0.1, -0.05) is 18.2 Å². The van der Waals surface area contributed by atoms with E-state index in [0.29, 0.717) is 29.5 Å². The third-order valence-electron chi connectivity index (χ3n) is 3.35. The number of nitrogens with zero attached hydrogens (tertiary/aromatic N) is 2. The maximum atomic E-state index is 11.0. The summed E-state index contributed by atoms with van der Waals surface area (Å²) < 4.78 is 5.72. The fourth-order valence-corrected chi connectivity index (χ4v) is 2.01. The van der Waals surface area contributed by atoms with Crippen molar-refractivity contribution in [2.24, 2.45) is 5.41 Å². The fraction of sp³-hybridized carbons (Fsp3) is 0.312. The van der Waals surface area contributed by atoms with Crippen LogP contribution in [-0.2, 0) is 0 Å². The summed E-state index contributed by atoms with van der Waals surface area (Å²) in [5.41, 5.74) is -0.383. The highest BCUT2D eigenvalue weighted by molar-refractivity contribution is 5.95. The van der Waals surface area contributed by atoms with E-state index in [0.717, 1.165) is 0 Å². The second-order valence-electron chi connectivity index (χ2n) is 5.48. The first-order valence-electron chi connectivity index (χ1n) is 6.65. The first-order valence-corrected chi connectivity index (χ1v) is 6.65. The van der Waals surface area contributed by atoms with Gasteiger partial charge in [-0.25, -0.2) is 0 Å². The van der Waals surface area contributed by atoms with Gasteiger partial charge in [0.15, 0.2) is 0 Å². The molecule has 0 amide bonds. The predicted octanol–water partition coefficient (Wildman–Crippen LogP) is 4.07. The van der Waals surface area contributed by atoms with Crippen LogP contribution in [0.1, 0.15) is 20.3 Å². The summed E-state index contributed by atoms with van der Waals surface area (Å²) in [7, 11) is 0. The molecule has 0 aromatic heterocycles. The van der Waals surface area contributed by atoms with Crippen LogP contribution in [0.5, 0.6) is 5.75 Å². The summed E-state index contributed by atoms with van der Waals surface area (Å²) in [4.78, 5) is 10.6. The molecule has 0 atom stereocenters. The van der Waals surface area contributed by atoms with Crippen LogP contribution in [0.4, 0.5) is 5.69 Å². The molecule has 0 bridgehead atoms. The molecule has 0 radical (unpaired) electrons. The van der Waals surface area contributed by atoms with Crippen LogP contribution in [0.25, 0.3) is 10.8 Å². The lowest BCUT2D eigenvalue weighted by Crippen LogP contribution is -2.13. The number of hydrogen-bond donors (Lipinski definition) is 0. The number of nitro benzene ring substituents is 1. The molecule has 0 aliphatic rings. The van der Waals surface area contributed by atoms with E-state index in [1.807, 2.05) is 19.9 Å². The van der Waals surface area contributed by atoms with Gasteiger partial charge in [-0.2, -0.15) is 5.26 Å². The van der Waals surface area contributed by atoms with E-state index in [9.17, 15) is 10.1 Å². The van der Waals surface area contributed by atoms with E-state index in [-0.39, 0.29) is 5.69 Å². The lowest BCUT2D eigenvalue weighted by atomic mass is 9.92. The van der Waals surface area contributed by atoms with E-state index in [1.165, 1.54) is 6.07 Å². The van der Waals surface area contributed by atoms with E-state index in [1.54, 1.807) is 24.3 Å². The molecular formula is C16H16N2O3. The van der Waals surface area contributed by atoms with Crippen molar-refractivity contribution in [2.75, 3.05) is 6.61 Å². The number of hydrogen-bond acceptors (Lipinski definition) is 4. The van der Waals surface area contributed by atoms with Gasteiger partial charge in [0.1, 0.15) is 5.75 Å². The van der Waals surface area contributed by atoms with Crippen LogP contribution >= 0.6 is 0 Å². The van der Waals surface area contributed by atoms with Crippen LogP contribution in [0.15, 0.2) is 36.4 Å².